The molecule has 1 fully saturated rings. The van der Waals surface area contributed by atoms with Crippen molar-refractivity contribution in [2.45, 2.75) is 18.6 Å². The molecular weight excluding hydrogens is 252 g/mol. The van der Waals surface area contributed by atoms with E-state index in [2.05, 4.69) is 4.98 Å². The van der Waals surface area contributed by atoms with E-state index in [1.807, 2.05) is 0 Å². The molecule has 1 aromatic rings. The Labute approximate surface area is 108 Å². The van der Waals surface area contributed by atoms with Gasteiger partial charge in [0.25, 0.3) is 5.91 Å². The number of ether oxygens (including phenoxy) is 1. The van der Waals surface area contributed by atoms with E-state index >= 15 is 0 Å². The van der Waals surface area contributed by atoms with Crippen LogP contribution in [0.15, 0.2) is 23.1 Å². The monoisotopic (exact) mass is 266 g/mol. The third kappa shape index (κ3) is 2.65. The summed E-state index contributed by atoms with van der Waals surface area (Å²) in [6.45, 7) is 0.228. The second kappa shape index (κ2) is 5.23. The van der Waals surface area contributed by atoms with Gasteiger partial charge in [0.15, 0.2) is 0 Å². The first-order chi connectivity index (χ1) is 9.02. The Hall–Kier alpha value is -2.15. The number of hydrogen-bond donors (Lipinski definition) is 2. The summed E-state index contributed by atoms with van der Waals surface area (Å²) in [4.78, 5) is 38.0. The molecule has 7 heteroatoms. The van der Waals surface area contributed by atoms with Gasteiger partial charge < -0.3 is 19.7 Å². The number of rotatable bonds is 3. The predicted molar refractivity (Wildman–Crippen MR) is 64.9 cm³/mol. The van der Waals surface area contributed by atoms with Crippen LogP contribution in [0.1, 0.15) is 16.8 Å². The van der Waals surface area contributed by atoms with Gasteiger partial charge in [0, 0.05) is 32.3 Å². The molecule has 2 rings (SSSR count). The van der Waals surface area contributed by atoms with Crippen LogP contribution in [0.2, 0.25) is 0 Å². The van der Waals surface area contributed by atoms with Crippen molar-refractivity contribution in [2.75, 3.05) is 13.7 Å². The number of aromatic amines is 1. The average Bonchev–Trinajstić information content (AvgIpc) is 2.83. The van der Waals surface area contributed by atoms with Crippen LogP contribution in [0.4, 0.5) is 0 Å². The normalized spacial score (nSPS) is 22.5. The van der Waals surface area contributed by atoms with Crippen molar-refractivity contribution in [1.29, 1.82) is 0 Å². The Balaban J connectivity index is 2.23. The SMILES string of the molecule is COC1CC(C(=O)O)N(C(=O)c2ccc(=O)[nH]c2)C1. The second-order valence-corrected chi connectivity index (χ2v) is 4.35. The fourth-order valence-electron chi connectivity index (χ4n) is 2.14. The van der Waals surface area contributed by atoms with Gasteiger partial charge in [-0.2, -0.15) is 0 Å². The van der Waals surface area contributed by atoms with Crippen LogP contribution in [0, 0.1) is 0 Å². The smallest absolute Gasteiger partial charge is 0.326 e. The van der Waals surface area contributed by atoms with Gasteiger partial charge in [-0.05, 0) is 6.07 Å². The average molecular weight is 266 g/mol. The number of nitrogens with zero attached hydrogens (tertiary/aromatic N) is 1. The number of carboxylic acids is 1. The van der Waals surface area contributed by atoms with Gasteiger partial charge in [0.2, 0.25) is 5.56 Å². The molecule has 0 aliphatic carbocycles. The van der Waals surface area contributed by atoms with E-state index in [1.165, 1.54) is 30.3 Å². The van der Waals surface area contributed by atoms with E-state index in [1.54, 1.807) is 0 Å². The maximum atomic E-state index is 12.2. The molecule has 1 aliphatic heterocycles. The number of carbonyl (C=O) groups is 2. The summed E-state index contributed by atoms with van der Waals surface area (Å²) in [5, 5.41) is 9.13. The number of aliphatic carboxylic acids is 1. The molecule has 19 heavy (non-hydrogen) atoms. The first kappa shape index (κ1) is 13.3. The van der Waals surface area contributed by atoms with Crippen molar-refractivity contribution in [3.63, 3.8) is 0 Å². The van der Waals surface area contributed by atoms with Crippen molar-refractivity contribution in [3.8, 4) is 0 Å². The number of carboxylic acid groups (broad SMARTS) is 1. The first-order valence-electron chi connectivity index (χ1n) is 5.78. The third-order valence-corrected chi connectivity index (χ3v) is 3.17. The lowest BCUT2D eigenvalue weighted by Crippen LogP contribution is -2.40. The molecule has 0 saturated carbocycles. The number of nitrogens with one attached hydrogen (secondary N) is 1. The van der Waals surface area contributed by atoms with Crippen LogP contribution in [-0.4, -0.2) is 52.7 Å². The Kier molecular flexibility index (Phi) is 3.66. The molecule has 0 bridgehead atoms. The highest BCUT2D eigenvalue weighted by molar-refractivity contribution is 5.96. The number of H-pyrrole nitrogens is 1. The van der Waals surface area contributed by atoms with Gasteiger partial charge >= 0.3 is 5.97 Å². The zero-order valence-corrected chi connectivity index (χ0v) is 10.3. The molecule has 2 atom stereocenters. The molecule has 1 amide bonds. The highest BCUT2D eigenvalue weighted by atomic mass is 16.5. The Morgan fingerprint density at radius 2 is 2.21 bits per heavy atom. The van der Waals surface area contributed by atoms with Crippen LogP contribution >= 0.6 is 0 Å². The summed E-state index contributed by atoms with van der Waals surface area (Å²) >= 11 is 0. The molecule has 0 radical (unpaired) electrons. The van der Waals surface area contributed by atoms with E-state index in [-0.39, 0.29) is 30.2 Å². The van der Waals surface area contributed by atoms with Crippen LogP contribution in [0.25, 0.3) is 0 Å². The first-order valence-corrected chi connectivity index (χ1v) is 5.78. The van der Waals surface area contributed by atoms with Crippen LogP contribution in [-0.2, 0) is 9.53 Å². The molecule has 2 heterocycles. The number of hydrogen-bond acceptors (Lipinski definition) is 4. The minimum absolute atomic E-state index is 0.228. The second-order valence-electron chi connectivity index (χ2n) is 4.35. The van der Waals surface area contributed by atoms with Crippen molar-refractivity contribution in [1.82, 2.24) is 9.88 Å². The topological polar surface area (TPSA) is 99.7 Å². The Morgan fingerprint density at radius 1 is 1.47 bits per heavy atom. The fourth-order valence-corrected chi connectivity index (χ4v) is 2.14. The lowest BCUT2D eigenvalue weighted by atomic mass is 10.2. The highest BCUT2D eigenvalue weighted by Crippen LogP contribution is 2.22. The van der Waals surface area contributed by atoms with E-state index < -0.39 is 17.9 Å². The zero-order valence-electron chi connectivity index (χ0n) is 10.3. The quantitative estimate of drug-likeness (QED) is 0.781. The molecular formula is C12H14N2O5. The summed E-state index contributed by atoms with van der Waals surface area (Å²) in [7, 11) is 1.48. The van der Waals surface area contributed by atoms with Gasteiger partial charge in [-0.25, -0.2) is 4.79 Å². The number of aromatic nitrogens is 1. The third-order valence-electron chi connectivity index (χ3n) is 3.17. The molecule has 2 N–H and O–H groups in total. The molecule has 2 unspecified atom stereocenters. The van der Waals surface area contributed by atoms with Crippen molar-refractivity contribution >= 4 is 11.9 Å². The molecule has 102 valence electrons. The molecule has 1 saturated heterocycles. The van der Waals surface area contributed by atoms with Crippen LogP contribution in [0.3, 0.4) is 0 Å². The minimum atomic E-state index is -1.06. The molecule has 7 nitrogen and oxygen atoms in total. The van der Waals surface area contributed by atoms with Gasteiger partial charge in [-0.1, -0.05) is 0 Å². The van der Waals surface area contributed by atoms with Gasteiger partial charge in [-0.15, -0.1) is 0 Å². The van der Waals surface area contributed by atoms with Crippen LogP contribution in [0.5, 0.6) is 0 Å². The number of methoxy groups -OCH3 is 1. The molecule has 1 aliphatic rings. The van der Waals surface area contributed by atoms with Gasteiger partial charge in [0.05, 0.1) is 11.7 Å². The standard InChI is InChI=1S/C12H14N2O5/c1-19-8-4-9(12(17)18)14(6-8)11(16)7-2-3-10(15)13-5-7/h2-3,5,8-9H,4,6H2,1H3,(H,13,15)(H,17,18). The van der Waals surface area contributed by atoms with Gasteiger partial charge in [-0.3, -0.25) is 9.59 Å². The molecule has 1 aromatic heterocycles. The predicted octanol–water partition coefficient (Wildman–Crippen LogP) is -0.311. The maximum Gasteiger partial charge on any atom is 0.326 e. The van der Waals surface area contributed by atoms with E-state index in [0.717, 1.165) is 0 Å². The summed E-state index contributed by atoms with van der Waals surface area (Å²) in [5.41, 5.74) is -0.0647. The van der Waals surface area contributed by atoms with Crippen molar-refractivity contribution < 1.29 is 19.4 Å². The summed E-state index contributed by atoms with van der Waals surface area (Å²) in [6.07, 6.45) is 1.26. The largest absolute Gasteiger partial charge is 0.480 e. The van der Waals surface area contributed by atoms with Gasteiger partial charge in [0.1, 0.15) is 6.04 Å². The number of pyridine rings is 1. The number of amides is 1. The van der Waals surface area contributed by atoms with Crippen molar-refractivity contribution in [3.05, 3.63) is 34.2 Å². The van der Waals surface area contributed by atoms with Crippen LogP contribution < -0.4 is 5.56 Å². The van der Waals surface area contributed by atoms with E-state index in [4.69, 9.17) is 9.84 Å². The zero-order chi connectivity index (χ0) is 14.0. The molecule has 0 aromatic carbocycles. The number of likely N-dealkylation sites (tertiary alicyclic amines) is 1. The fraction of sp³-hybridized carbons (Fsp3) is 0.417. The molecule has 0 spiro atoms. The minimum Gasteiger partial charge on any atom is -0.480 e. The van der Waals surface area contributed by atoms with Crippen molar-refractivity contribution in [2.24, 2.45) is 0 Å². The lowest BCUT2D eigenvalue weighted by molar-refractivity contribution is -0.141. The Bertz CT molecular complexity index is 533. The highest BCUT2D eigenvalue weighted by Gasteiger charge is 2.40. The lowest BCUT2D eigenvalue weighted by Gasteiger charge is -2.21. The van der Waals surface area contributed by atoms with E-state index in [0.29, 0.717) is 0 Å². The maximum absolute atomic E-state index is 12.2. The summed E-state index contributed by atoms with van der Waals surface area (Å²) in [5.74, 6) is -1.49. The summed E-state index contributed by atoms with van der Waals surface area (Å²) in [6, 6.07) is 1.71. The Morgan fingerprint density at radius 3 is 2.74 bits per heavy atom. The number of carbonyl (C=O) groups excluding carboxylic acids is 1. The van der Waals surface area contributed by atoms with E-state index in [9.17, 15) is 14.4 Å². The summed E-state index contributed by atoms with van der Waals surface area (Å²) < 4.78 is 5.11.